The fourth-order valence-corrected chi connectivity index (χ4v) is 2.12. The molecule has 1 aromatic carbocycles. The van der Waals surface area contributed by atoms with Crippen molar-refractivity contribution in [3.8, 4) is 0 Å². The standard InChI is InChI=1S/C9H9FIN/c10-7-3-5-1-2-9(12)6(5)4-8(7)11/h3-4,9H,1-2,12H2. The average Bonchev–Trinajstić information content (AvgIpc) is 2.35. The maximum atomic E-state index is 13.1. The molecule has 0 fully saturated rings. The van der Waals surface area contributed by atoms with Crippen LogP contribution in [0.25, 0.3) is 0 Å². The SMILES string of the molecule is NC1CCc2cc(F)c(I)cc21. The molecule has 1 atom stereocenters. The van der Waals surface area contributed by atoms with E-state index in [1.54, 1.807) is 6.07 Å². The van der Waals surface area contributed by atoms with Gasteiger partial charge in [-0.1, -0.05) is 0 Å². The lowest BCUT2D eigenvalue weighted by Crippen LogP contribution is -2.05. The van der Waals surface area contributed by atoms with E-state index >= 15 is 0 Å². The first-order valence-electron chi connectivity index (χ1n) is 3.92. The van der Waals surface area contributed by atoms with Crippen molar-refractivity contribution in [3.63, 3.8) is 0 Å². The number of rotatable bonds is 0. The molecule has 12 heavy (non-hydrogen) atoms. The zero-order valence-corrected chi connectivity index (χ0v) is 8.64. The fraction of sp³-hybridized carbons (Fsp3) is 0.333. The molecule has 0 heterocycles. The van der Waals surface area contributed by atoms with Gasteiger partial charge in [0.1, 0.15) is 5.82 Å². The summed E-state index contributed by atoms with van der Waals surface area (Å²) in [6.45, 7) is 0. The monoisotopic (exact) mass is 277 g/mol. The largest absolute Gasteiger partial charge is 0.324 e. The summed E-state index contributed by atoms with van der Waals surface area (Å²) >= 11 is 2.00. The van der Waals surface area contributed by atoms with Gasteiger partial charge in [0.15, 0.2) is 0 Å². The van der Waals surface area contributed by atoms with E-state index in [0.717, 1.165) is 24.0 Å². The summed E-state index contributed by atoms with van der Waals surface area (Å²) in [4.78, 5) is 0. The number of hydrogen-bond donors (Lipinski definition) is 1. The molecule has 0 saturated heterocycles. The van der Waals surface area contributed by atoms with Crippen LogP contribution in [0.3, 0.4) is 0 Å². The summed E-state index contributed by atoms with van der Waals surface area (Å²) in [6.07, 6.45) is 1.87. The van der Waals surface area contributed by atoms with Crippen LogP contribution in [0.5, 0.6) is 0 Å². The summed E-state index contributed by atoms with van der Waals surface area (Å²) in [5.41, 5.74) is 8.05. The van der Waals surface area contributed by atoms with Crippen LogP contribution in [0, 0.1) is 9.39 Å². The van der Waals surface area contributed by atoms with Crippen LogP contribution in [-0.4, -0.2) is 0 Å². The minimum Gasteiger partial charge on any atom is -0.324 e. The Hall–Kier alpha value is -0.160. The molecular formula is C9H9FIN. The highest BCUT2D eigenvalue weighted by molar-refractivity contribution is 14.1. The fourth-order valence-electron chi connectivity index (χ4n) is 1.63. The van der Waals surface area contributed by atoms with Crippen LogP contribution >= 0.6 is 22.6 Å². The smallest absolute Gasteiger partial charge is 0.136 e. The lowest BCUT2D eigenvalue weighted by Gasteiger charge is -2.05. The number of fused-ring (bicyclic) bond motifs is 1. The Morgan fingerprint density at radius 2 is 2.25 bits per heavy atom. The van der Waals surface area contributed by atoms with E-state index in [4.69, 9.17) is 5.73 Å². The quantitative estimate of drug-likeness (QED) is 0.724. The molecule has 0 spiro atoms. The normalized spacial score (nSPS) is 21.1. The Balaban J connectivity index is 2.56. The minimum atomic E-state index is -0.122. The molecule has 0 aromatic heterocycles. The molecule has 2 N–H and O–H groups in total. The predicted octanol–water partition coefficient (Wildman–Crippen LogP) is 2.38. The van der Waals surface area contributed by atoms with Crippen LogP contribution in [0.1, 0.15) is 23.6 Å². The number of hydrogen-bond acceptors (Lipinski definition) is 1. The van der Waals surface area contributed by atoms with E-state index in [0.29, 0.717) is 3.57 Å². The van der Waals surface area contributed by atoms with Gasteiger partial charge < -0.3 is 5.73 Å². The second-order valence-corrected chi connectivity index (χ2v) is 4.27. The Labute approximate surface area is 84.3 Å². The zero-order valence-electron chi connectivity index (χ0n) is 6.48. The number of halogens is 2. The molecular weight excluding hydrogens is 268 g/mol. The van der Waals surface area contributed by atoms with Gasteiger partial charge >= 0.3 is 0 Å². The van der Waals surface area contributed by atoms with Crippen molar-refractivity contribution in [1.29, 1.82) is 0 Å². The summed E-state index contributed by atoms with van der Waals surface area (Å²) in [6, 6.07) is 3.60. The molecule has 0 amide bonds. The van der Waals surface area contributed by atoms with Gasteiger partial charge in [-0.3, -0.25) is 0 Å². The number of aryl methyl sites for hydroxylation is 1. The summed E-state index contributed by atoms with van der Waals surface area (Å²) in [7, 11) is 0. The molecule has 1 aliphatic rings. The first-order valence-corrected chi connectivity index (χ1v) is 5.00. The first kappa shape index (κ1) is 8.44. The van der Waals surface area contributed by atoms with Gasteiger partial charge in [-0.05, 0) is 58.7 Å². The van der Waals surface area contributed by atoms with Gasteiger partial charge in [0.25, 0.3) is 0 Å². The lowest BCUT2D eigenvalue weighted by atomic mass is 10.1. The van der Waals surface area contributed by atoms with E-state index in [2.05, 4.69) is 0 Å². The summed E-state index contributed by atoms with van der Waals surface area (Å²) in [5, 5.41) is 0. The lowest BCUT2D eigenvalue weighted by molar-refractivity contribution is 0.618. The zero-order chi connectivity index (χ0) is 8.72. The molecule has 0 saturated carbocycles. The van der Waals surface area contributed by atoms with Crippen molar-refractivity contribution in [3.05, 3.63) is 32.6 Å². The third-order valence-corrected chi connectivity index (χ3v) is 3.13. The Kier molecular flexibility index (Phi) is 2.08. The molecule has 1 aromatic rings. The predicted molar refractivity (Wildman–Crippen MR) is 54.4 cm³/mol. The molecule has 1 unspecified atom stereocenters. The van der Waals surface area contributed by atoms with Gasteiger partial charge in [0.2, 0.25) is 0 Å². The highest BCUT2D eigenvalue weighted by Crippen LogP contribution is 2.31. The van der Waals surface area contributed by atoms with Crippen molar-refractivity contribution in [2.24, 2.45) is 5.73 Å². The molecule has 1 aliphatic carbocycles. The maximum absolute atomic E-state index is 13.1. The van der Waals surface area contributed by atoms with E-state index in [1.807, 2.05) is 28.7 Å². The molecule has 64 valence electrons. The third kappa shape index (κ3) is 1.25. The minimum absolute atomic E-state index is 0.120. The van der Waals surface area contributed by atoms with Gasteiger partial charge in [0, 0.05) is 9.61 Å². The van der Waals surface area contributed by atoms with Crippen LogP contribution in [0.4, 0.5) is 4.39 Å². The Morgan fingerprint density at radius 3 is 3.00 bits per heavy atom. The van der Waals surface area contributed by atoms with E-state index < -0.39 is 0 Å². The third-order valence-electron chi connectivity index (χ3n) is 2.31. The van der Waals surface area contributed by atoms with Crippen molar-refractivity contribution in [1.82, 2.24) is 0 Å². The average molecular weight is 277 g/mol. The van der Waals surface area contributed by atoms with Gasteiger partial charge in [0.05, 0.1) is 0 Å². The molecule has 3 heteroatoms. The van der Waals surface area contributed by atoms with E-state index in [-0.39, 0.29) is 11.9 Å². The first-order chi connectivity index (χ1) is 5.68. The van der Waals surface area contributed by atoms with Crippen LogP contribution < -0.4 is 5.73 Å². The maximum Gasteiger partial charge on any atom is 0.136 e. The number of benzene rings is 1. The van der Waals surface area contributed by atoms with E-state index in [1.165, 1.54) is 0 Å². The van der Waals surface area contributed by atoms with E-state index in [9.17, 15) is 4.39 Å². The Morgan fingerprint density at radius 1 is 1.50 bits per heavy atom. The summed E-state index contributed by atoms with van der Waals surface area (Å²) in [5.74, 6) is -0.122. The Bertz CT molecular complexity index is 325. The van der Waals surface area contributed by atoms with Gasteiger partial charge in [-0.2, -0.15) is 0 Å². The van der Waals surface area contributed by atoms with Crippen LogP contribution in [0.2, 0.25) is 0 Å². The highest BCUT2D eigenvalue weighted by atomic mass is 127. The highest BCUT2D eigenvalue weighted by Gasteiger charge is 2.20. The molecule has 0 aliphatic heterocycles. The number of nitrogens with two attached hydrogens (primary N) is 1. The second kappa shape index (κ2) is 2.96. The van der Waals surface area contributed by atoms with Crippen molar-refractivity contribution >= 4 is 22.6 Å². The molecule has 0 bridgehead atoms. The topological polar surface area (TPSA) is 26.0 Å². The molecule has 2 rings (SSSR count). The van der Waals surface area contributed by atoms with Crippen molar-refractivity contribution < 1.29 is 4.39 Å². The summed E-state index contributed by atoms with van der Waals surface area (Å²) < 4.78 is 13.7. The van der Waals surface area contributed by atoms with Crippen molar-refractivity contribution in [2.45, 2.75) is 18.9 Å². The van der Waals surface area contributed by atoms with Gasteiger partial charge in [-0.25, -0.2) is 4.39 Å². The van der Waals surface area contributed by atoms with Gasteiger partial charge in [-0.15, -0.1) is 0 Å². The van der Waals surface area contributed by atoms with Crippen LogP contribution in [0.15, 0.2) is 12.1 Å². The second-order valence-electron chi connectivity index (χ2n) is 3.11. The van der Waals surface area contributed by atoms with Crippen LogP contribution in [-0.2, 0) is 6.42 Å². The molecule has 1 nitrogen and oxygen atoms in total. The molecule has 0 radical (unpaired) electrons. The van der Waals surface area contributed by atoms with Crippen molar-refractivity contribution in [2.75, 3.05) is 0 Å².